The van der Waals surface area contributed by atoms with Gasteiger partial charge in [0.2, 0.25) is 0 Å². The van der Waals surface area contributed by atoms with Crippen LogP contribution in [0.2, 0.25) is 0 Å². The molecule has 4 rings (SSSR count). The average Bonchev–Trinajstić information content (AvgIpc) is 3.30. The number of rotatable bonds is 4. The summed E-state index contributed by atoms with van der Waals surface area (Å²) < 4.78 is 13.3. The maximum absolute atomic E-state index is 13.3. The fourth-order valence-corrected chi connectivity index (χ4v) is 3.80. The maximum atomic E-state index is 13.3. The number of aryl methyl sites for hydroxylation is 1. The van der Waals surface area contributed by atoms with Gasteiger partial charge in [-0.1, -0.05) is 25.0 Å². The number of hydrogen-bond acceptors (Lipinski definition) is 3. The zero-order valence-corrected chi connectivity index (χ0v) is 14.6. The Morgan fingerprint density at radius 2 is 2.00 bits per heavy atom. The van der Waals surface area contributed by atoms with Crippen molar-refractivity contribution in [3.63, 3.8) is 0 Å². The Balaban J connectivity index is 1.62. The number of halogens is 1. The molecule has 2 heterocycles. The molecule has 1 amide bonds. The summed E-state index contributed by atoms with van der Waals surface area (Å²) in [5.74, 6) is -0.0617. The van der Waals surface area contributed by atoms with Crippen LogP contribution in [0.4, 0.5) is 4.39 Å². The van der Waals surface area contributed by atoms with Crippen molar-refractivity contribution in [2.24, 2.45) is 5.92 Å². The molecule has 0 radical (unpaired) electrons. The highest BCUT2D eigenvalue weighted by molar-refractivity contribution is 5.97. The Morgan fingerprint density at radius 3 is 2.73 bits per heavy atom. The lowest BCUT2D eigenvalue weighted by atomic mass is 9.91. The zero-order valence-electron chi connectivity index (χ0n) is 14.6. The molecule has 3 aromatic rings. The van der Waals surface area contributed by atoms with Crippen molar-refractivity contribution in [3.8, 4) is 0 Å². The normalized spacial score (nSPS) is 16.1. The van der Waals surface area contributed by atoms with E-state index in [2.05, 4.69) is 20.5 Å². The number of carbonyl (C=O) groups excluding carboxylic acids is 1. The van der Waals surface area contributed by atoms with E-state index in [1.54, 1.807) is 18.3 Å². The van der Waals surface area contributed by atoms with E-state index in [1.807, 2.05) is 13.0 Å². The second-order valence-electron chi connectivity index (χ2n) is 6.99. The fraction of sp³-hybridized carbons (Fsp3) is 0.350. The van der Waals surface area contributed by atoms with Crippen LogP contribution in [0.15, 0.2) is 36.5 Å². The Morgan fingerprint density at radius 1 is 1.27 bits per heavy atom. The van der Waals surface area contributed by atoms with Gasteiger partial charge in [0, 0.05) is 17.3 Å². The highest BCUT2D eigenvalue weighted by Crippen LogP contribution is 2.36. The molecular weight excluding hydrogens is 331 g/mol. The van der Waals surface area contributed by atoms with Crippen LogP contribution in [-0.4, -0.2) is 21.1 Å². The molecule has 26 heavy (non-hydrogen) atoms. The number of benzene rings is 1. The van der Waals surface area contributed by atoms with Gasteiger partial charge in [0.15, 0.2) is 5.65 Å². The Kier molecular flexibility index (Phi) is 4.41. The van der Waals surface area contributed by atoms with E-state index >= 15 is 0 Å². The van der Waals surface area contributed by atoms with Crippen molar-refractivity contribution in [2.75, 3.05) is 0 Å². The number of hydrogen-bond donors (Lipinski definition) is 2. The first-order chi connectivity index (χ1) is 12.6. The third-order valence-electron chi connectivity index (χ3n) is 5.25. The number of H-pyrrole nitrogens is 1. The van der Waals surface area contributed by atoms with Crippen molar-refractivity contribution in [1.82, 2.24) is 20.5 Å². The Labute approximate surface area is 151 Å². The summed E-state index contributed by atoms with van der Waals surface area (Å²) in [5, 5.41) is 11.0. The highest BCUT2D eigenvalue weighted by atomic mass is 19.1. The van der Waals surface area contributed by atoms with Gasteiger partial charge < -0.3 is 5.32 Å². The number of nitrogens with zero attached hydrogens (tertiary/aromatic N) is 2. The quantitative estimate of drug-likeness (QED) is 0.744. The average molecular weight is 352 g/mol. The first-order valence-electron chi connectivity index (χ1n) is 8.99. The zero-order chi connectivity index (χ0) is 18.1. The summed E-state index contributed by atoms with van der Waals surface area (Å²) in [4.78, 5) is 17.1. The van der Waals surface area contributed by atoms with E-state index in [9.17, 15) is 9.18 Å². The SMILES string of the molecule is Cc1[nH]nc2ncc(C(=O)NC(c3ccc(F)cc3)C3CCCC3)cc12. The van der Waals surface area contributed by atoms with Crippen LogP contribution in [0.3, 0.4) is 0 Å². The third-order valence-corrected chi connectivity index (χ3v) is 5.25. The molecule has 0 bridgehead atoms. The van der Waals surface area contributed by atoms with Gasteiger partial charge in [0.1, 0.15) is 5.82 Å². The smallest absolute Gasteiger partial charge is 0.253 e. The number of amides is 1. The number of pyridine rings is 1. The highest BCUT2D eigenvalue weighted by Gasteiger charge is 2.28. The lowest BCUT2D eigenvalue weighted by Crippen LogP contribution is -2.32. The molecule has 0 spiro atoms. The molecular formula is C20H21FN4O. The number of aromatic amines is 1. The van der Waals surface area contributed by atoms with Crippen LogP contribution < -0.4 is 5.32 Å². The van der Waals surface area contributed by atoms with E-state index in [1.165, 1.54) is 25.0 Å². The molecule has 0 saturated heterocycles. The first-order valence-corrected chi connectivity index (χ1v) is 8.99. The van der Waals surface area contributed by atoms with Crippen molar-refractivity contribution < 1.29 is 9.18 Å². The minimum absolute atomic E-state index is 0.119. The lowest BCUT2D eigenvalue weighted by Gasteiger charge is -2.25. The molecule has 1 unspecified atom stereocenters. The minimum atomic E-state index is -0.268. The number of fused-ring (bicyclic) bond motifs is 1. The summed E-state index contributed by atoms with van der Waals surface area (Å²) in [6, 6.07) is 8.12. The van der Waals surface area contributed by atoms with Gasteiger partial charge >= 0.3 is 0 Å². The summed E-state index contributed by atoms with van der Waals surface area (Å²) >= 11 is 0. The Hall–Kier alpha value is -2.76. The van der Waals surface area contributed by atoms with Gasteiger partial charge in [-0.15, -0.1) is 0 Å². The van der Waals surface area contributed by atoms with Gasteiger partial charge in [-0.25, -0.2) is 9.37 Å². The molecule has 5 nitrogen and oxygen atoms in total. The third kappa shape index (κ3) is 3.19. The fourth-order valence-electron chi connectivity index (χ4n) is 3.80. The van der Waals surface area contributed by atoms with E-state index in [0.717, 1.165) is 29.5 Å². The molecule has 1 fully saturated rings. The van der Waals surface area contributed by atoms with Crippen LogP contribution in [0.5, 0.6) is 0 Å². The molecule has 1 atom stereocenters. The van der Waals surface area contributed by atoms with E-state index < -0.39 is 0 Å². The van der Waals surface area contributed by atoms with Gasteiger partial charge in [-0.05, 0) is 49.4 Å². The summed E-state index contributed by atoms with van der Waals surface area (Å²) in [7, 11) is 0. The standard InChI is InChI=1S/C20H21FN4O/c1-12-17-10-15(11-22-19(17)25-24-12)20(26)23-18(13-4-2-3-5-13)14-6-8-16(21)9-7-14/h6-11,13,18H,2-5H2,1H3,(H,23,26)(H,22,24,25). The second kappa shape index (κ2) is 6.86. The monoisotopic (exact) mass is 352 g/mol. The first kappa shape index (κ1) is 16.7. The molecule has 2 aromatic heterocycles. The van der Waals surface area contributed by atoms with Gasteiger partial charge in [-0.3, -0.25) is 9.89 Å². The van der Waals surface area contributed by atoms with Gasteiger partial charge in [-0.2, -0.15) is 5.10 Å². The number of nitrogens with one attached hydrogen (secondary N) is 2. The molecule has 0 aliphatic heterocycles. The largest absolute Gasteiger partial charge is 0.345 e. The predicted molar refractivity (Wildman–Crippen MR) is 97.2 cm³/mol. The van der Waals surface area contributed by atoms with Crippen LogP contribution in [0.1, 0.15) is 53.3 Å². The summed E-state index contributed by atoms with van der Waals surface area (Å²) in [6.07, 6.45) is 6.02. The molecule has 1 aliphatic carbocycles. The van der Waals surface area contributed by atoms with E-state index in [0.29, 0.717) is 17.1 Å². The second-order valence-corrected chi connectivity index (χ2v) is 6.99. The van der Waals surface area contributed by atoms with Gasteiger partial charge in [0.05, 0.1) is 11.6 Å². The Bertz CT molecular complexity index is 929. The predicted octanol–water partition coefficient (Wildman–Crippen LogP) is 4.07. The van der Waals surface area contributed by atoms with Crippen molar-refractivity contribution in [2.45, 2.75) is 38.6 Å². The van der Waals surface area contributed by atoms with Crippen LogP contribution in [0, 0.1) is 18.7 Å². The van der Waals surface area contributed by atoms with Gasteiger partial charge in [0.25, 0.3) is 5.91 Å². The van der Waals surface area contributed by atoms with Crippen LogP contribution >= 0.6 is 0 Å². The topological polar surface area (TPSA) is 70.7 Å². The molecule has 1 saturated carbocycles. The van der Waals surface area contributed by atoms with Crippen LogP contribution in [0.25, 0.3) is 11.0 Å². The summed E-state index contributed by atoms with van der Waals surface area (Å²) in [5.41, 5.74) is 2.94. The minimum Gasteiger partial charge on any atom is -0.345 e. The van der Waals surface area contributed by atoms with E-state index in [4.69, 9.17) is 0 Å². The molecule has 2 N–H and O–H groups in total. The number of aromatic nitrogens is 3. The number of carbonyl (C=O) groups is 1. The van der Waals surface area contributed by atoms with E-state index in [-0.39, 0.29) is 17.8 Å². The summed E-state index contributed by atoms with van der Waals surface area (Å²) in [6.45, 7) is 1.90. The van der Waals surface area contributed by atoms with Crippen molar-refractivity contribution in [1.29, 1.82) is 0 Å². The molecule has 134 valence electrons. The molecule has 1 aromatic carbocycles. The lowest BCUT2D eigenvalue weighted by molar-refractivity contribution is 0.0921. The maximum Gasteiger partial charge on any atom is 0.253 e. The molecule has 6 heteroatoms. The van der Waals surface area contributed by atoms with Crippen molar-refractivity contribution in [3.05, 3.63) is 59.2 Å². The van der Waals surface area contributed by atoms with Crippen LogP contribution in [-0.2, 0) is 0 Å². The molecule has 1 aliphatic rings. The van der Waals surface area contributed by atoms with Crippen molar-refractivity contribution >= 4 is 16.9 Å².